The lowest BCUT2D eigenvalue weighted by Crippen LogP contribution is -2.29. The molecule has 0 atom stereocenters. The number of hydrogen-bond acceptors (Lipinski definition) is 6. The van der Waals surface area contributed by atoms with Crippen LogP contribution in [0, 0.1) is 0 Å². The molecule has 2 aromatic carbocycles. The van der Waals surface area contributed by atoms with Crippen LogP contribution in [0.15, 0.2) is 90.3 Å². The molecule has 31 heavy (non-hydrogen) atoms. The topological polar surface area (TPSA) is 81.9 Å². The Morgan fingerprint density at radius 2 is 1.74 bits per heavy atom. The Morgan fingerprint density at radius 1 is 0.968 bits per heavy atom. The molecule has 0 spiro atoms. The van der Waals surface area contributed by atoms with Gasteiger partial charge in [0, 0.05) is 23.6 Å². The maximum Gasteiger partial charge on any atom is 0.230 e. The molecule has 2 aromatic heterocycles. The standard InChI is InChI=1S/C23H21N5O2S/c29-21(25-14-15-30-20-11-5-2-6-12-20)17-31-23-27-26-22(18-8-7-13-24-16-18)28(23)19-9-3-1-4-10-19/h1-13,16H,14-15,17H2,(H,25,29). The molecule has 7 nitrogen and oxygen atoms in total. The lowest BCUT2D eigenvalue weighted by Gasteiger charge is -2.10. The van der Waals surface area contributed by atoms with Crippen LogP contribution in [-0.2, 0) is 4.79 Å². The number of nitrogens with one attached hydrogen (secondary N) is 1. The van der Waals surface area contributed by atoms with Crippen molar-refractivity contribution < 1.29 is 9.53 Å². The SMILES string of the molecule is O=C(CSc1nnc(-c2cccnc2)n1-c1ccccc1)NCCOc1ccccc1. The number of nitrogens with zero attached hydrogens (tertiary/aromatic N) is 4. The monoisotopic (exact) mass is 431 g/mol. The van der Waals surface area contributed by atoms with Gasteiger partial charge < -0.3 is 10.1 Å². The molecule has 2 heterocycles. The summed E-state index contributed by atoms with van der Waals surface area (Å²) in [6.45, 7) is 0.840. The normalized spacial score (nSPS) is 10.6. The minimum absolute atomic E-state index is 0.0906. The molecule has 1 amide bonds. The third-order valence-electron chi connectivity index (χ3n) is 4.34. The number of hydrogen-bond donors (Lipinski definition) is 1. The van der Waals surface area contributed by atoms with Crippen molar-refractivity contribution in [3.05, 3.63) is 85.2 Å². The molecule has 0 aliphatic carbocycles. The fraction of sp³-hybridized carbons (Fsp3) is 0.130. The number of ether oxygens (including phenoxy) is 1. The van der Waals surface area contributed by atoms with Gasteiger partial charge >= 0.3 is 0 Å². The van der Waals surface area contributed by atoms with Crippen molar-refractivity contribution in [1.29, 1.82) is 0 Å². The number of rotatable bonds is 9. The van der Waals surface area contributed by atoms with E-state index in [0.29, 0.717) is 24.1 Å². The summed E-state index contributed by atoms with van der Waals surface area (Å²) >= 11 is 1.34. The van der Waals surface area contributed by atoms with Gasteiger partial charge in [-0.05, 0) is 36.4 Å². The van der Waals surface area contributed by atoms with Gasteiger partial charge in [0.15, 0.2) is 11.0 Å². The van der Waals surface area contributed by atoms with E-state index in [9.17, 15) is 4.79 Å². The van der Waals surface area contributed by atoms with E-state index in [-0.39, 0.29) is 11.7 Å². The van der Waals surface area contributed by atoms with E-state index in [1.165, 1.54) is 11.8 Å². The fourth-order valence-electron chi connectivity index (χ4n) is 2.91. The average Bonchev–Trinajstić information content (AvgIpc) is 3.26. The van der Waals surface area contributed by atoms with E-state index in [1.807, 2.05) is 77.4 Å². The zero-order chi connectivity index (χ0) is 21.3. The second-order valence-corrected chi connectivity index (χ2v) is 7.46. The van der Waals surface area contributed by atoms with Crippen LogP contribution in [-0.4, -0.2) is 44.6 Å². The maximum atomic E-state index is 12.3. The van der Waals surface area contributed by atoms with Crippen molar-refractivity contribution in [3.8, 4) is 22.8 Å². The van der Waals surface area contributed by atoms with Crippen molar-refractivity contribution in [2.24, 2.45) is 0 Å². The van der Waals surface area contributed by atoms with Gasteiger partial charge in [0.25, 0.3) is 0 Å². The number of carbonyl (C=O) groups is 1. The third kappa shape index (κ3) is 5.49. The molecule has 0 bridgehead atoms. The second kappa shape index (κ2) is 10.4. The van der Waals surface area contributed by atoms with E-state index in [0.717, 1.165) is 17.0 Å². The highest BCUT2D eigenvalue weighted by molar-refractivity contribution is 7.99. The minimum atomic E-state index is -0.0906. The van der Waals surface area contributed by atoms with E-state index in [4.69, 9.17) is 4.74 Å². The molecule has 0 aliphatic rings. The van der Waals surface area contributed by atoms with Gasteiger partial charge in [-0.2, -0.15) is 0 Å². The first kappa shape index (κ1) is 20.6. The van der Waals surface area contributed by atoms with Gasteiger partial charge in [-0.15, -0.1) is 10.2 Å². The van der Waals surface area contributed by atoms with Crippen molar-refractivity contribution in [3.63, 3.8) is 0 Å². The van der Waals surface area contributed by atoms with Crippen LogP contribution in [0.1, 0.15) is 0 Å². The molecule has 0 saturated carbocycles. The first-order valence-electron chi connectivity index (χ1n) is 9.80. The van der Waals surface area contributed by atoms with E-state index in [1.54, 1.807) is 12.4 Å². The number of aromatic nitrogens is 4. The van der Waals surface area contributed by atoms with Crippen molar-refractivity contribution >= 4 is 17.7 Å². The van der Waals surface area contributed by atoms with E-state index in [2.05, 4.69) is 20.5 Å². The maximum absolute atomic E-state index is 12.3. The highest BCUT2D eigenvalue weighted by atomic mass is 32.2. The average molecular weight is 432 g/mol. The smallest absolute Gasteiger partial charge is 0.230 e. The summed E-state index contributed by atoms with van der Waals surface area (Å²) in [5.41, 5.74) is 1.78. The summed E-state index contributed by atoms with van der Waals surface area (Å²) in [6.07, 6.45) is 3.46. The first-order chi connectivity index (χ1) is 15.3. The number of carbonyl (C=O) groups excluding carboxylic acids is 1. The molecule has 4 aromatic rings. The quantitative estimate of drug-likeness (QED) is 0.322. The van der Waals surface area contributed by atoms with Crippen LogP contribution in [0.5, 0.6) is 5.75 Å². The van der Waals surface area contributed by atoms with Crippen molar-refractivity contribution in [2.75, 3.05) is 18.9 Å². The highest BCUT2D eigenvalue weighted by Gasteiger charge is 2.17. The lowest BCUT2D eigenvalue weighted by atomic mass is 10.2. The number of para-hydroxylation sites is 2. The Hall–Kier alpha value is -3.65. The number of benzene rings is 2. The van der Waals surface area contributed by atoms with Crippen LogP contribution in [0.25, 0.3) is 17.1 Å². The van der Waals surface area contributed by atoms with E-state index >= 15 is 0 Å². The van der Waals surface area contributed by atoms with Gasteiger partial charge in [-0.3, -0.25) is 14.3 Å². The zero-order valence-electron chi connectivity index (χ0n) is 16.7. The Morgan fingerprint density at radius 3 is 2.48 bits per heavy atom. The predicted molar refractivity (Wildman–Crippen MR) is 120 cm³/mol. The van der Waals surface area contributed by atoms with Crippen LogP contribution in [0.3, 0.4) is 0 Å². The molecule has 0 saturated heterocycles. The van der Waals surface area contributed by atoms with Crippen LogP contribution >= 0.6 is 11.8 Å². The van der Waals surface area contributed by atoms with E-state index < -0.39 is 0 Å². The lowest BCUT2D eigenvalue weighted by molar-refractivity contribution is -0.118. The summed E-state index contributed by atoms with van der Waals surface area (Å²) in [7, 11) is 0. The van der Waals surface area contributed by atoms with Gasteiger partial charge in [0.2, 0.25) is 5.91 Å². The molecule has 0 radical (unpaired) electrons. The number of pyridine rings is 1. The fourth-order valence-corrected chi connectivity index (χ4v) is 3.69. The Bertz CT molecular complexity index is 1100. The molecular formula is C23H21N5O2S. The molecule has 0 unspecified atom stereocenters. The molecule has 4 rings (SSSR count). The second-order valence-electron chi connectivity index (χ2n) is 6.52. The van der Waals surface area contributed by atoms with Gasteiger partial charge in [0.1, 0.15) is 12.4 Å². The Balaban J connectivity index is 1.39. The largest absolute Gasteiger partial charge is 0.492 e. The molecule has 0 fully saturated rings. The molecule has 8 heteroatoms. The first-order valence-corrected chi connectivity index (χ1v) is 10.8. The summed E-state index contributed by atoms with van der Waals surface area (Å²) in [5, 5.41) is 12.2. The number of thioether (sulfide) groups is 1. The Labute approximate surface area is 184 Å². The Kier molecular flexibility index (Phi) is 6.92. The zero-order valence-corrected chi connectivity index (χ0v) is 17.5. The van der Waals surface area contributed by atoms with Gasteiger partial charge in [-0.25, -0.2) is 0 Å². The third-order valence-corrected chi connectivity index (χ3v) is 5.26. The number of amides is 1. The van der Waals surface area contributed by atoms with Gasteiger partial charge in [0.05, 0.1) is 12.3 Å². The summed E-state index contributed by atoms with van der Waals surface area (Å²) in [4.78, 5) is 16.5. The summed E-state index contributed by atoms with van der Waals surface area (Å²) < 4.78 is 7.53. The predicted octanol–water partition coefficient (Wildman–Crippen LogP) is 3.62. The summed E-state index contributed by atoms with van der Waals surface area (Å²) in [6, 6.07) is 23.1. The molecule has 156 valence electrons. The molecule has 1 N–H and O–H groups in total. The van der Waals surface area contributed by atoms with Crippen molar-refractivity contribution in [1.82, 2.24) is 25.1 Å². The van der Waals surface area contributed by atoms with Crippen LogP contribution in [0.2, 0.25) is 0 Å². The molecular weight excluding hydrogens is 410 g/mol. The van der Waals surface area contributed by atoms with Gasteiger partial charge in [-0.1, -0.05) is 48.2 Å². The van der Waals surface area contributed by atoms with Crippen LogP contribution < -0.4 is 10.1 Å². The molecule has 0 aliphatic heterocycles. The highest BCUT2D eigenvalue weighted by Crippen LogP contribution is 2.27. The summed E-state index contributed by atoms with van der Waals surface area (Å²) in [5.74, 6) is 1.60. The minimum Gasteiger partial charge on any atom is -0.492 e. The van der Waals surface area contributed by atoms with Crippen molar-refractivity contribution in [2.45, 2.75) is 5.16 Å². The van der Waals surface area contributed by atoms with Crippen LogP contribution in [0.4, 0.5) is 0 Å².